The van der Waals surface area contributed by atoms with Crippen LogP contribution in [-0.2, 0) is 22.6 Å². The second-order valence-corrected chi connectivity index (χ2v) is 10.00. The Hall–Kier alpha value is -3.79. The summed E-state index contributed by atoms with van der Waals surface area (Å²) in [6.07, 6.45) is 0.0525. The molecule has 4 N–H and O–H groups in total. The molecule has 3 aromatic rings. The van der Waals surface area contributed by atoms with Gasteiger partial charge in [0.25, 0.3) is 5.91 Å². The number of ether oxygens (including phenoxy) is 1. The summed E-state index contributed by atoms with van der Waals surface area (Å²) < 4.78 is 5.80. The van der Waals surface area contributed by atoms with Crippen LogP contribution in [-0.4, -0.2) is 55.6 Å². The van der Waals surface area contributed by atoms with Gasteiger partial charge in [-0.2, -0.15) is 0 Å². The zero-order valence-corrected chi connectivity index (χ0v) is 24.7. The van der Waals surface area contributed by atoms with Crippen LogP contribution in [0.3, 0.4) is 0 Å². The number of carboxylic acids is 1. The maximum atomic E-state index is 13.4. The van der Waals surface area contributed by atoms with Gasteiger partial charge in [0.05, 0.1) is 12.1 Å². The Bertz CT molecular complexity index is 1340. The van der Waals surface area contributed by atoms with E-state index in [-0.39, 0.29) is 31.0 Å². The number of carbonyl (C=O) groups is 3. The van der Waals surface area contributed by atoms with Crippen LogP contribution in [0.1, 0.15) is 35.3 Å². The van der Waals surface area contributed by atoms with Crippen LogP contribution in [0, 0.1) is 0 Å². The van der Waals surface area contributed by atoms with Crippen LogP contribution in [0.25, 0.3) is 0 Å². The van der Waals surface area contributed by atoms with Crippen molar-refractivity contribution in [1.29, 1.82) is 0 Å². The van der Waals surface area contributed by atoms with E-state index in [9.17, 15) is 19.5 Å². The van der Waals surface area contributed by atoms with E-state index in [0.29, 0.717) is 51.4 Å². The number of carbonyl (C=O) groups excluding carboxylic acids is 2. The molecule has 0 radical (unpaired) electrons. The average Bonchev–Trinajstić information content (AvgIpc) is 2.94. The summed E-state index contributed by atoms with van der Waals surface area (Å²) in [5, 5.41) is 19.1. The van der Waals surface area contributed by atoms with Crippen LogP contribution in [0.4, 0.5) is 11.4 Å². The van der Waals surface area contributed by atoms with Gasteiger partial charge in [-0.05, 0) is 68.9 Å². The van der Waals surface area contributed by atoms with Crippen molar-refractivity contribution in [3.8, 4) is 5.75 Å². The molecule has 0 aliphatic heterocycles. The van der Waals surface area contributed by atoms with Crippen molar-refractivity contribution in [2.24, 2.45) is 0 Å². The number of anilines is 2. The molecule has 9 nitrogen and oxygen atoms in total. The quantitative estimate of drug-likeness (QED) is 0.205. The molecule has 0 saturated heterocycles. The predicted octanol–water partition coefficient (Wildman–Crippen LogP) is 5.00. The van der Waals surface area contributed by atoms with Crippen molar-refractivity contribution in [1.82, 2.24) is 10.6 Å². The first-order chi connectivity index (χ1) is 19.7. The molecule has 218 valence electrons. The topological polar surface area (TPSA) is 120 Å². The van der Waals surface area contributed by atoms with E-state index in [1.165, 1.54) is 0 Å². The van der Waals surface area contributed by atoms with E-state index in [2.05, 4.69) is 16.0 Å². The molecule has 3 aromatic carbocycles. The zero-order valence-electron chi connectivity index (χ0n) is 23.2. The van der Waals surface area contributed by atoms with Crippen molar-refractivity contribution in [3.63, 3.8) is 0 Å². The SMILES string of the molecule is CCN(CC)c1ccc(NC(=O)CNC)cc1C(=O)NC(Cc1ccc(OCc2c(Cl)cccc2Cl)cc1)C(=O)O. The van der Waals surface area contributed by atoms with Crippen molar-refractivity contribution < 1.29 is 24.2 Å². The third-order valence-electron chi connectivity index (χ3n) is 6.38. The van der Waals surface area contributed by atoms with Crippen LogP contribution in [0.2, 0.25) is 10.0 Å². The van der Waals surface area contributed by atoms with Gasteiger partial charge in [-0.25, -0.2) is 4.79 Å². The number of halogens is 2. The summed E-state index contributed by atoms with van der Waals surface area (Å²) >= 11 is 12.4. The van der Waals surface area contributed by atoms with Gasteiger partial charge >= 0.3 is 5.97 Å². The number of nitrogens with one attached hydrogen (secondary N) is 3. The molecule has 0 fully saturated rings. The predicted molar refractivity (Wildman–Crippen MR) is 162 cm³/mol. The van der Waals surface area contributed by atoms with Crippen molar-refractivity contribution in [3.05, 3.63) is 87.4 Å². The van der Waals surface area contributed by atoms with Gasteiger partial charge < -0.3 is 30.7 Å². The molecule has 2 amide bonds. The minimum atomic E-state index is -1.19. The number of likely N-dealkylation sites (N-methyl/N-ethyl adjacent to an activating group) is 1. The van der Waals surface area contributed by atoms with Crippen LogP contribution in [0.5, 0.6) is 5.75 Å². The molecular formula is C30H34Cl2N4O5. The third kappa shape index (κ3) is 8.85. The third-order valence-corrected chi connectivity index (χ3v) is 7.09. The Morgan fingerprint density at radius 2 is 1.63 bits per heavy atom. The number of benzene rings is 3. The van der Waals surface area contributed by atoms with Gasteiger partial charge in [-0.1, -0.05) is 41.4 Å². The Balaban J connectivity index is 1.75. The van der Waals surface area contributed by atoms with E-state index in [1.807, 2.05) is 18.7 Å². The number of carboxylic acid groups (broad SMARTS) is 1. The lowest BCUT2D eigenvalue weighted by Crippen LogP contribution is -2.43. The highest BCUT2D eigenvalue weighted by atomic mass is 35.5. The first-order valence-electron chi connectivity index (χ1n) is 13.2. The fraction of sp³-hybridized carbons (Fsp3) is 0.300. The molecule has 3 rings (SSSR count). The van der Waals surface area contributed by atoms with Crippen molar-refractivity contribution in [2.45, 2.75) is 32.9 Å². The first kappa shape index (κ1) is 31.7. The molecule has 1 unspecified atom stereocenters. The van der Waals surface area contributed by atoms with E-state index < -0.39 is 17.9 Å². The lowest BCUT2D eigenvalue weighted by atomic mass is 10.0. The van der Waals surface area contributed by atoms with Crippen molar-refractivity contribution in [2.75, 3.05) is 36.9 Å². The number of rotatable bonds is 14. The Kier molecular flexibility index (Phi) is 11.8. The monoisotopic (exact) mass is 600 g/mol. The molecule has 0 aliphatic rings. The number of nitrogens with zero attached hydrogens (tertiary/aromatic N) is 1. The fourth-order valence-electron chi connectivity index (χ4n) is 4.22. The van der Waals surface area contributed by atoms with Gasteiger partial charge in [0, 0.05) is 46.5 Å². The molecule has 0 spiro atoms. The van der Waals surface area contributed by atoms with E-state index in [4.69, 9.17) is 27.9 Å². The fourth-order valence-corrected chi connectivity index (χ4v) is 4.73. The van der Waals surface area contributed by atoms with E-state index in [1.54, 1.807) is 67.7 Å². The number of hydrogen-bond donors (Lipinski definition) is 4. The highest BCUT2D eigenvalue weighted by Gasteiger charge is 2.24. The largest absolute Gasteiger partial charge is 0.489 e. The second-order valence-electron chi connectivity index (χ2n) is 9.18. The maximum Gasteiger partial charge on any atom is 0.326 e. The molecule has 0 aromatic heterocycles. The Morgan fingerprint density at radius 1 is 0.976 bits per heavy atom. The molecule has 11 heteroatoms. The minimum absolute atomic E-state index is 0.0525. The lowest BCUT2D eigenvalue weighted by Gasteiger charge is -2.25. The summed E-state index contributed by atoms with van der Waals surface area (Å²) in [6, 6.07) is 16.0. The Morgan fingerprint density at radius 3 is 2.22 bits per heavy atom. The van der Waals surface area contributed by atoms with Crippen molar-refractivity contribution >= 4 is 52.4 Å². The summed E-state index contributed by atoms with van der Waals surface area (Å²) in [5.74, 6) is -1.43. The lowest BCUT2D eigenvalue weighted by molar-refractivity contribution is -0.139. The number of hydrogen-bond acceptors (Lipinski definition) is 6. The number of amides is 2. The molecule has 0 heterocycles. The molecule has 0 aliphatic carbocycles. The van der Waals surface area contributed by atoms with Gasteiger partial charge in [0.15, 0.2) is 0 Å². The van der Waals surface area contributed by atoms with Crippen LogP contribution in [0.15, 0.2) is 60.7 Å². The highest BCUT2D eigenvalue weighted by Crippen LogP contribution is 2.27. The number of aliphatic carboxylic acids is 1. The molecular weight excluding hydrogens is 567 g/mol. The summed E-state index contributed by atoms with van der Waals surface area (Å²) in [6.45, 7) is 5.49. The summed E-state index contributed by atoms with van der Waals surface area (Å²) in [5.41, 5.74) is 2.71. The molecule has 41 heavy (non-hydrogen) atoms. The van der Waals surface area contributed by atoms with E-state index in [0.717, 1.165) is 0 Å². The maximum absolute atomic E-state index is 13.4. The molecule has 1 atom stereocenters. The van der Waals surface area contributed by atoms with Gasteiger partial charge in [0.1, 0.15) is 18.4 Å². The molecule has 0 bridgehead atoms. The van der Waals surface area contributed by atoms with Crippen LogP contribution < -0.4 is 25.6 Å². The van der Waals surface area contributed by atoms with Gasteiger partial charge in [-0.3, -0.25) is 9.59 Å². The van der Waals surface area contributed by atoms with Crippen LogP contribution >= 0.6 is 23.2 Å². The first-order valence-corrected chi connectivity index (χ1v) is 13.9. The molecule has 0 saturated carbocycles. The minimum Gasteiger partial charge on any atom is -0.489 e. The van der Waals surface area contributed by atoms with E-state index >= 15 is 0 Å². The standard InChI is InChI=1S/C30H34Cl2N4O5/c1-4-36(5-2)27-14-11-20(34-28(37)17-33-3)16-22(27)29(38)35-26(30(39)40)15-19-9-12-21(13-10-19)41-18-23-24(31)7-6-8-25(23)32/h6-14,16,26,33H,4-5,15,17-18H2,1-3H3,(H,34,37)(H,35,38)(H,39,40). The summed E-state index contributed by atoms with van der Waals surface area (Å²) in [4.78, 5) is 39.6. The van der Waals surface area contributed by atoms with Gasteiger partial charge in [-0.15, -0.1) is 0 Å². The Labute approximate surface area is 249 Å². The average molecular weight is 602 g/mol. The second kappa shape index (κ2) is 15.3. The zero-order chi connectivity index (χ0) is 29.9. The highest BCUT2D eigenvalue weighted by molar-refractivity contribution is 6.35. The smallest absolute Gasteiger partial charge is 0.326 e. The van der Waals surface area contributed by atoms with Gasteiger partial charge in [0.2, 0.25) is 5.91 Å². The normalized spacial score (nSPS) is 11.4. The summed E-state index contributed by atoms with van der Waals surface area (Å²) in [7, 11) is 1.66.